The Morgan fingerprint density at radius 1 is 0.862 bits per heavy atom. The van der Waals surface area contributed by atoms with Gasteiger partial charge in [0.25, 0.3) is 17.7 Å². The van der Waals surface area contributed by atoms with E-state index in [1.165, 1.54) is 0 Å². The third-order valence-electron chi connectivity index (χ3n) is 4.56. The highest BCUT2D eigenvalue weighted by molar-refractivity contribution is 6.22. The molecule has 1 heterocycles. The number of nitrogens with one attached hydrogen (secondary N) is 2. The van der Waals surface area contributed by atoms with Gasteiger partial charge in [0.05, 0.1) is 11.1 Å². The molecule has 0 aliphatic carbocycles. The van der Waals surface area contributed by atoms with E-state index in [0.717, 1.165) is 10.6 Å². The van der Waals surface area contributed by atoms with E-state index in [9.17, 15) is 19.2 Å². The molecule has 0 bridgehead atoms. The van der Waals surface area contributed by atoms with E-state index in [1.54, 1.807) is 36.4 Å². The molecule has 2 aromatic carbocycles. The highest BCUT2D eigenvalue weighted by Gasteiger charge is 2.36. The van der Waals surface area contributed by atoms with Gasteiger partial charge in [-0.2, -0.15) is 0 Å². The summed E-state index contributed by atoms with van der Waals surface area (Å²) in [5, 5.41) is 5.32. The van der Waals surface area contributed by atoms with Crippen molar-refractivity contribution in [2.24, 2.45) is 0 Å². The van der Waals surface area contributed by atoms with Crippen molar-refractivity contribution in [1.29, 1.82) is 0 Å². The molecule has 0 aromatic heterocycles. The van der Waals surface area contributed by atoms with E-state index in [4.69, 9.17) is 0 Å². The Kier molecular flexibility index (Phi) is 5.92. The van der Waals surface area contributed by atoms with Gasteiger partial charge in [0.1, 0.15) is 6.54 Å². The number of hydrogen-bond acceptors (Lipinski definition) is 5. The van der Waals surface area contributed by atoms with Gasteiger partial charge in [-0.15, -0.1) is 0 Å². The van der Waals surface area contributed by atoms with Gasteiger partial charge < -0.3 is 15.5 Å². The number of amides is 4. The number of benzene rings is 2. The van der Waals surface area contributed by atoms with Crippen molar-refractivity contribution in [1.82, 2.24) is 15.5 Å². The Labute approximate surface area is 168 Å². The number of anilines is 1. The quantitative estimate of drug-likeness (QED) is 0.537. The van der Waals surface area contributed by atoms with Crippen LogP contribution in [0.5, 0.6) is 0 Å². The summed E-state index contributed by atoms with van der Waals surface area (Å²) in [5.74, 6) is -1.67. The first-order valence-electron chi connectivity index (χ1n) is 9.16. The standard InChI is InChI=1S/C21H22N4O4/c1-24(2)15-9-7-14(8-10-15)19(27)23-12-11-22-18(26)13-25-20(28)16-5-3-4-6-17(16)21(25)29/h3-10H,11-13H2,1-2H3,(H,22,26)(H,23,27). The first-order valence-corrected chi connectivity index (χ1v) is 9.16. The number of carbonyl (C=O) groups excluding carboxylic acids is 4. The first-order chi connectivity index (χ1) is 13.9. The van der Waals surface area contributed by atoms with Crippen LogP contribution >= 0.6 is 0 Å². The summed E-state index contributed by atoms with van der Waals surface area (Å²) in [6, 6.07) is 13.6. The number of imide groups is 1. The molecule has 0 radical (unpaired) electrons. The fourth-order valence-electron chi connectivity index (χ4n) is 2.97. The van der Waals surface area contributed by atoms with Crippen LogP contribution in [-0.2, 0) is 4.79 Å². The van der Waals surface area contributed by atoms with Gasteiger partial charge >= 0.3 is 0 Å². The molecule has 8 nitrogen and oxygen atoms in total. The number of fused-ring (bicyclic) bond motifs is 1. The van der Waals surface area contributed by atoms with E-state index in [-0.39, 0.29) is 25.5 Å². The van der Waals surface area contributed by atoms with Crippen molar-refractivity contribution in [3.63, 3.8) is 0 Å². The van der Waals surface area contributed by atoms with Gasteiger partial charge in [-0.3, -0.25) is 24.1 Å². The molecule has 1 aliphatic heterocycles. The van der Waals surface area contributed by atoms with Crippen molar-refractivity contribution < 1.29 is 19.2 Å². The van der Waals surface area contributed by atoms with Crippen LogP contribution in [0, 0.1) is 0 Å². The Bertz CT molecular complexity index is 918. The summed E-state index contributed by atoms with van der Waals surface area (Å²) >= 11 is 0. The second kappa shape index (κ2) is 8.55. The molecule has 4 amide bonds. The molecule has 3 rings (SSSR count). The maximum Gasteiger partial charge on any atom is 0.262 e. The minimum atomic E-state index is -0.477. The van der Waals surface area contributed by atoms with Crippen LogP contribution in [0.1, 0.15) is 31.1 Å². The molecular formula is C21H22N4O4. The van der Waals surface area contributed by atoms with Gasteiger partial charge in [-0.1, -0.05) is 12.1 Å². The number of nitrogens with zero attached hydrogens (tertiary/aromatic N) is 2. The van der Waals surface area contributed by atoms with E-state index in [1.807, 2.05) is 31.1 Å². The van der Waals surface area contributed by atoms with Gasteiger partial charge in [0.15, 0.2) is 0 Å². The van der Waals surface area contributed by atoms with E-state index < -0.39 is 17.7 Å². The summed E-state index contributed by atoms with van der Waals surface area (Å²) in [7, 11) is 3.83. The summed E-state index contributed by atoms with van der Waals surface area (Å²) < 4.78 is 0. The van der Waals surface area contributed by atoms with E-state index >= 15 is 0 Å². The van der Waals surface area contributed by atoms with Crippen LogP contribution in [0.15, 0.2) is 48.5 Å². The lowest BCUT2D eigenvalue weighted by Gasteiger charge is -2.14. The Morgan fingerprint density at radius 2 is 1.41 bits per heavy atom. The Balaban J connectivity index is 1.43. The SMILES string of the molecule is CN(C)c1ccc(C(=O)NCCNC(=O)CN2C(=O)c3ccccc3C2=O)cc1. The largest absolute Gasteiger partial charge is 0.378 e. The Morgan fingerprint density at radius 3 is 1.97 bits per heavy atom. The molecule has 29 heavy (non-hydrogen) atoms. The Hall–Kier alpha value is -3.68. The number of rotatable bonds is 7. The van der Waals surface area contributed by atoms with Crippen LogP contribution in [0.2, 0.25) is 0 Å². The third kappa shape index (κ3) is 4.43. The van der Waals surface area contributed by atoms with Crippen LogP contribution < -0.4 is 15.5 Å². The molecule has 2 N–H and O–H groups in total. The first kappa shape index (κ1) is 20.1. The molecule has 0 saturated carbocycles. The fraction of sp³-hybridized carbons (Fsp3) is 0.238. The van der Waals surface area contributed by atoms with Crippen molar-refractivity contribution in [3.8, 4) is 0 Å². The number of hydrogen-bond donors (Lipinski definition) is 2. The van der Waals surface area contributed by atoms with Gasteiger partial charge in [0, 0.05) is 38.4 Å². The summed E-state index contributed by atoms with van der Waals surface area (Å²) in [5.41, 5.74) is 2.12. The summed E-state index contributed by atoms with van der Waals surface area (Å²) in [4.78, 5) is 51.6. The molecule has 0 atom stereocenters. The lowest BCUT2D eigenvalue weighted by atomic mass is 10.1. The maximum absolute atomic E-state index is 12.2. The molecule has 0 spiro atoms. The zero-order valence-electron chi connectivity index (χ0n) is 16.3. The fourth-order valence-corrected chi connectivity index (χ4v) is 2.97. The van der Waals surface area contributed by atoms with Crippen molar-refractivity contribution >= 4 is 29.3 Å². The molecule has 0 unspecified atom stereocenters. The highest BCUT2D eigenvalue weighted by atomic mass is 16.2. The predicted molar refractivity (Wildman–Crippen MR) is 108 cm³/mol. The minimum absolute atomic E-state index is 0.184. The molecular weight excluding hydrogens is 372 g/mol. The van der Waals surface area contributed by atoms with Crippen molar-refractivity contribution in [2.75, 3.05) is 38.6 Å². The number of carbonyl (C=O) groups is 4. The zero-order valence-corrected chi connectivity index (χ0v) is 16.3. The molecule has 0 fully saturated rings. The molecule has 2 aromatic rings. The van der Waals surface area contributed by atoms with Crippen LogP contribution in [0.4, 0.5) is 5.69 Å². The third-order valence-corrected chi connectivity index (χ3v) is 4.56. The molecule has 8 heteroatoms. The maximum atomic E-state index is 12.2. The highest BCUT2D eigenvalue weighted by Crippen LogP contribution is 2.21. The predicted octanol–water partition coefficient (Wildman–Crippen LogP) is 0.895. The smallest absolute Gasteiger partial charge is 0.262 e. The van der Waals surface area contributed by atoms with Gasteiger partial charge in [-0.05, 0) is 36.4 Å². The second-order valence-corrected chi connectivity index (χ2v) is 6.79. The molecule has 0 saturated heterocycles. The van der Waals surface area contributed by atoms with Crippen LogP contribution in [-0.4, -0.2) is 62.3 Å². The average molecular weight is 394 g/mol. The zero-order chi connectivity index (χ0) is 21.0. The van der Waals surface area contributed by atoms with Gasteiger partial charge in [0.2, 0.25) is 5.91 Å². The lowest BCUT2D eigenvalue weighted by Crippen LogP contribution is -2.42. The van der Waals surface area contributed by atoms with Crippen LogP contribution in [0.25, 0.3) is 0 Å². The summed E-state index contributed by atoms with van der Waals surface area (Å²) in [6.45, 7) is 0.0535. The topological polar surface area (TPSA) is 98.8 Å². The normalized spacial score (nSPS) is 12.6. The van der Waals surface area contributed by atoms with Crippen molar-refractivity contribution in [2.45, 2.75) is 0 Å². The monoisotopic (exact) mass is 394 g/mol. The van der Waals surface area contributed by atoms with Gasteiger partial charge in [-0.25, -0.2) is 0 Å². The lowest BCUT2D eigenvalue weighted by molar-refractivity contribution is -0.121. The second-order valence-electron chi connectivity index (χ2n) is 6.79. The van der Waals surface area contributed by atoms with Crippen molar-refractivity contribution in [3.05, 3.63) is 65.2 Å². The van der Waals surface area contributed by atoms with E-state index in [0.29, 0.717) is 16.7 Å². The van der Waals surface area contributed by atoms with Crippen LogP contribution in [0.3, 0.4) is 0 Å². The average Bonchev–Trinajstić information content (AvgIpc) is 2.96. The van der Waals surface area contributed by atoms with E-state index in [2.05, 4.69) is 10.6 Å². The molecule has 1 aliphatic rings. The minimum Gasteiger partial charge on any atom is -0.378 e. The summed E-state index contributed by atoms with van der Waals surface area (Å²) in [6.07, 6.45) is 0. The molecule has 150 valence electrons.